The van der Waals surface area contributed by atoms with Gasteiger partial charge in [-0.05, 0) is 13.3 Å². The maximum absolute atomic E-state index is 4.36. The molecule has 16 heavy (non-hydrogen) atoms. The molecule has 0 amide bonds. The molecule has 0 saturated carbocycles. The molecule has 1 rings (SSSR count). The fourth-order valence-corrected chi connectivity index (χ4v) is 1.97. The second-order valence-electron chi connectivity index (χ2n) is 4.65. The lowest BCUT2D eigenvalue weighted by atomic mass is 10.1. The third-order valence-corrected chi connectivity index (χ3v) is 2.96. The lowest BCUT2D eigenvalue weighted by molar-refractivity contribution is 0.579. The van der Waals surface area contributed by atoms with E-state index >= 15 is 0 Å². The molecule has 0 atom stereocenters. The summed E-state index contributed by atoms with van der Waals surface area (Å²) in [5, 5.41) is 4.26. The van der Waals surface area contributed by atoms with E-state index in [9.17, 15) is 0 Å². The number of unbranched alkanes of at least 4 members (excludes halogenated alkanes) is 7. The van der Waals surface area contributed by atoms with Crippen molar-refractivity contribution in [3.8, 4) is 0 Å². The van der Waals surface area contributed by atoms with Crippen molar-refractivity contribution in [2.75, 3.05) is 0 Å². The van der Waals surface area contributed by atoms with Gasteiger partial charge in [0.25, 0.3) is 0 Å². The summed E-state index contributed by atoms with van der Waals surface area (Å²) in [5.41, 5.74) is 1.05. The number of hydrogen-bond acceptors (Lipinski definition) is 1. The Kier molecular flexibility index (Phi) is 6.95. The summed E-state index contributed by atoms with van der Waals surface area (Å²) in [6.07, 6.45) is 13.9. The van der Waals surface area contributed by atoms with Crippen LogP contribution in [-0.4, -0.2) is 5.84 Å². The van der Waals surface area contributed by atoms with Crippen molar-refractivity contribution in [2.45, 2.75) is 71.6 Å². The van der Waals surface area contributed by atoms with Crippen LogP contribution < -0.4 is 5.32 Å². The second-order valence-corrected chi connectivity index (χ2v) is 4.65. The molecule has 0 fully saturated rings. The van der Waals surface area contributed by atoms with Crippen molar-refractivity contribution in [3.63, 3.8) is 0 Å². The standard InChI is InChI=1S/C14H25N2/c1-3-4-5-6-7-8-9-10-11-14-15-12-13(2)16-14/h12H,3-11H2,1-2H3. The molecule has 2 heteroatoms. The monoisotopic (exact) mass is 221 g/mol. The second kappa shape index (κ2) is 8.37. The predicted molar refractivity (Wildman–Crippen MR) is 70.6 cm³/mol. The number of amidine groups is 1. The highest BCUT2D eigenvalue weighted by Crippen LogP contribution is 2.11. The van der Waals surface area contributed by atoms with E-state index in [1.165, 1.54) is 51.4 Å². The predicted octanol–water partition coefficient (Wildman–Crippen LogP) is 4.40. The number of rotatable bonds is 9. The van der Waals surface area contributed by atoms with Gasteiger partial charge in [-0.2, -0.15) is 0 Å². The Hall–Kier alpha value is -0.790. The molecular weight excluding hydrogens is 196 g/mol. The van der Waals surface area contributed by atoms with Gasteiger partial charge in [-0.3, -0.25) is 0 Å². The van der Waals surface area contributed by atoms with Gasteiger partial charge < -0.3 is 0 Å². The number of hydrogen-bond donors (Lipinski definition) is 0. The average Bonchev–Trinajstić information content (AvgIpc) is 2.68. The smallest absolute Gasteiger partial charge is 0.128 e. The van der Waals surface area contributed by atoms with Gasteiger partial charge in [0, 0.05) is 6.42 Å². The first-order valence-electron chi connectivity index (χ1n) is 6.78. The number of allylic oxidation sites excluding steroid dienone is 1. The van der Waals surface area contributed by atoms with Gasteiger partial charge in [-0.25, -0.2) is 10.3 Å². The molecular formula is C14H25N2. The van der Waals surface area contributed by atoms with Gasteiger partial charge in [0.15, 0.2) is 0 Å². The van der Waals surface area contributed by atoms with Gasteiger partial charge in [0.05, 0.1) is 11.9 Å². The zero-order valence-corrected chi connectivity index (χ0v) is 10.8. The summed E-state index contributed by atoms with van der Waals surface area (Å²) in [4.78, 5) is 4.36. The Morgan fingerprint density at radius 1 is 0.938 bits per heavy atom. The first-order chi connectivity index (χ1) is 7.83. The summed E-state index contributed by atoms with van der Waals surface area (Å²) in [6, 6.07) is 0. The summed E-state index contributed by atoms with van der Waals surface area (Å²) in [7, 11) is 0. The van der Waals surface area contributed by atoms with E-state index in [1.807, 2.05) is 13.1 Å². The Bertz CT molecular complexity index is 241. The van der Waals surface area contributed by atoms with Crippen LogP contribution in [0.5, 0.6) is 0 Å². The Morgan fingerprint density at radius 3 is 2.12 bits per heavy atom. The Labute approximate surface area is 100 Å². The van der Waals surface area contributed by atoms with Crippen molar-refractivity contribution in [1.29, 1.82) is 0 Å². The largest absolute Gasteiger partial charge is 0.240 e. The molecule has 0 bridgehead atoms. The van der Waals surface area contributed by atoms with E-state index in [-0.39, 0.29) is 0 Å². The average molecular weight is 221 g/mol. The maximum Gasteiger partial charge on any atom is 0.128 e. The van der Waals surface area contributed by atoms with E-state index in [4.69, 9.17) is 0 Å². The minimum absolute atomic E-state index is 1.03. The van der Waals surface area contributed by atoms with Crippen LogP contribution in [0.15, 0.2) is 16.9 Å². The van der Waals surface area contributed by atoms with Crippen molar-refractivity contribution in [2.24, 2.45) is 4.99 Å². The summed E-state index contributed by atoms with van der Waals surface area (Å²) >= 11 is 0. The lowest BCUT2D eigenvalue weighted by Crippen LogP contribution is -2.05. The van der Waals surface area contributed by atoms with Crippen LogP contribution in [0.3, 0.4) is 0 Å². The first-order valence-corrected chi connectivity index (χ1v) is 6.78. The molecule has 1 radical (unpaired) electrons. The van der Waals surface area contributed by atoms with E-state index < -0.39 is 0 Å². The number of aliphatic imine (C=N–C) groups is 1. The minimum Gasteiger partial charge on any atom is -0.240 e. The summed E-state index contributed by atoms with van der Waals surface area (Å²) in [6.45, 7) is 4.27. The lowest BCUT2D eigenvalue weighted by Gasteiger charge is -2.01. The van der Waals surface area contributed by atoms with Crippen molar-refractivity contribution >= 4 is 5.84 Å². The molecule has 1 aliphatic rings. The topological polar surface area (TPSA) is 26.5 Å². The maximum atomic E-state index is 4.36. The summed E-state index contributed by atoms with van der Waals surface area (Å²) in [5.74, 6) is 1.03. The quantitative estimate of drug-likeness (QED) is 0.516. The molecule has 0 unspecified atom stereocenters. The Balaban J connectivity index is 1.84. The molecule has 0 aromatic carbocycles. The normalized spacial score (nSPS) is 14.6. The third-order valence-electron chi connectivity index (χ3n) is 2.96. The van der Waals surface area contributed by atoms with Gasteiger partial charge >= 0.3 is 0 Å². The van der Waals surface area contributed by atoms with Crippen LogP contribution >= 0.6 is 0 Å². The van der Waals surface area contributed by atoms with Gasteiger partial charge in [-0.15, -0.1) is 0 Å². The van der Waals surface area contributed by atoms with Crippen LogP contribution in [0.25, 0.3) is 0 Å². The van der Waals surface area contributed by atoms with Crippen LogP contribution in [0, 0.1) is 0 Å². The van der Waals surface area contributed by atoms with Gasteiger partial charge in [0.2, 0.25) is 0 Å². The van der Waals surface area contributed by atoms with Crippen LogP contribution in [0.2, 0.25) is 0 Å². The van der Waals surface area contributed by atoms with E-state index in [0.717, 1.165) is 18.0 Å². The zero-order valence-electron chi connectivity index (χ0n) is 10.8. The van der Waals surface area contributed by atoms with Crippen LogP contribution in [0.1, 0.15) is 71.6 Å². The van der Waals surface area contributed by atoms with E-state index in [2.05, 4.69) is 17.2 Å². The van der Waals surface area contributed by atoms with Gasteiger partial charge in [0.1, 0.15) is 5.84 Å². The van der Waals surface area contributed by atoms with Crippen LogP contribution in [0.4, 0.5) is 0 Å². The van der Waals surface area contributed by atoms with Crippen molar-refractivity contribution < 1.29 is 0 Å². The Morgan fingerprint density at radius 2 is 1.56 bits per heavy atom. The molecule has 91 valence electrons. The molecule has 0 spiro atoms. The number of nitrogens with zero attached hydrogens (tertiary/aromatic N) is 2. The molecule has 1 heterocycles. The van der Waals surface area contributed by atoms with Crippen molar-refractivity contribution in [1.82, 2.24) is 5.32 Å². The molecule has 0 aromatic heterocycles. The third kappa shape index (κ3) is 5.94. The SMILES string of the molecule is CCCCCCCCCCC1=NC(C)=C[N]1. The molecule has 0 N–H and O–H groups in total. The van der Waals surface area contributed by atoms with Crippen LogP contribution in [-0.2, 0) is 0 Å². The summed E-state index contributed by atoms with van der Waals surface area (Å²) < 4.78 is 0. The molecule has 0 aromatic rings. The van der Waals surface area contributed by atoms with E-state index in [1.54, 1.807) is 0 Å². The molecule has 2 nitrogen and oxygen atoms in total. The highest BCUT2D eigenvalue weighted by molar-refractivity contribution is 5.85. The van der Waals surface area contributed by atoms with Crippen molar-refractivity contribution in [3.05, 3.63) is 11.9 Å². The first kappa shape index (κ1) is 13.3. The fraction of sp³-hybridized carbons (Fsp3) is 0.786. The fourth-order valence-electron chi connectivity index (χ4n) is 1.97. The minimum atomic E-state index is 1.03. The zero-order chi connectivity index (χ0) is 11.6. The molecule has 1 aliphatic heterocycles. The highest BCUT2D eigenvalue weighted by Gasteiger charge is 2.05. The van der Waals surface area contributed by atoms with Gasteiger partial charge in [-0.1, -0.05) is 51.9 Å². The molecule has 0 saturated heterocycles. The van der Waals surface area contributed by atoms with E-state index in [0.29, 0.717) is 0 Å². The molecule has 0 aliphatic carbocycles. The highest BCUT2D eigenvalue weighted by atomic mass is 15.0.